The average molecular weight is 264 g/mol. The van der Waals surface area contributed by atoms with Crippen LogP contribution in [0.3, 0.4) is 0 Å². The topological polar surface area (TPSA) is 95.4 Å². The number of carbonyl (C=O) groups is 1. The summed E-state index contributed by atoms with van der Waals surface area (Å²) in [6.07, 6.45) is 0. The first-order chi connectivity index (χ1) is 8.90. The van der Waals surface area contributed by atoms with Crippen molar-refractivity contribution >= 4 is 17.4 Å². The van der Waals surface area contributed by atoms with Gasteiger partial charge in [0.25, 0.3) is 0 Å². The maximum Gasteiger partial charge on any atom is 0.349 e. The van der Waals surface area contributed by atoms with Crippen LogP contribution >= 0.6 is 0 Å². The third kappa shape index (κ3) is 2.42. The van der Waals surface area contributed by atoms with E-state index in [1.165, 1.54) is 9.30 Å². The van der Waals surface area contributed by atoms with Gasteiger partial charge in [0.2, 0.25) is 5.91 Å². The number of fused-ring (bicyclic) bond motifs is 1. The van der Waals surface area contributed by atoms with Crippen LogP contribution in [0.15, 0.2) is 10.9 Å². The molecule has 1 atom stereocenters. The van der Waals surface area contributed by atoms with E-state index in [9.17, 15) is 9.59 Å². The van der Waals surface area contributed by atoms with E-state index in [1.54, 1.807) is 34.0 Å². The SMILES string of the molecule is Cc1nc(NC(C)C(=O)N(C)C)cc2n[nH]c(=O)n12. The van der Waals surface area contributed by atoms with Gasteiger partial charge >= 0.3 is 5.69 Å². The zero-order chi connectivity index (χ0) is 14.2. The molecule has 8 heteroatoms. The highest BCUT2D eigenvalue weighted by Gasteiger charge is 2.16. The Bertz CT molecular complexity index is 671. The predicted molar refractivity (Wildman–Crippen MR) is 70.1 cm³/mol. The summed E-state index contributed by atoms with van der Waals surface area (Å²) in [5.41, 5.74) is 0.133. The number of nitrogens with zero attached hydrogens (tertiary/aromatic N) is 4. The molecule has 0 spiro atoms. The second kappa shape index (κ2) is 4.71. The van der Waals surface area contributed by atoms with Gasteiger partial charge in [0.1, 0.15) is 17.7 Å². The van der Waals surface area contributed by atoms with Crippen LogP contribution in [0.2, 0.25) is 0 Å². The van der Waals surface area contributed by atoms with Crippen LogP contribution in [0.4, 0.5) is 5.82 Å². The summed E-state index contributed by atoms with van der Waals surface area (Å²) >= 11 is 0. The minimum Gasteiger partial charge on any atom is -0.358 e. The van der Waals surface area contributed by atoms with Crippen molar-refractivity contribution < 1.29 is 4.79 Å². The number of H-pyrrole nitrogens is 1. The molecule has 0 aliphatic rings. The van der Waals surface area contributed by atoms with Crippen LogP contribution < -0.4 is 11.0 Å². The molecule has 8 nitrogen and oxygen atoms in total. The number of amides is 1. The summed E-state index contributed by atoms with van der Waals surface area (Å²) in [5.74, 6) is 0.952. The molecule has 2 aromatic heterocycles. The van der Waals surface area contributed by atoms with Crippen molar-refractivity contribution in [1.29, 1.82) is 0 Å². The molecule has 0 aliphatic carbocycles. The zero-order valence-electron chi connectivity index (χ0n) is 11.3. The van der Waals surface area contributed by atoms with E-state index in [1.807, 2.05) is 0 Å². The molecule has 1 amide bonds. The lowest BCUT2D eigenvalue weighted by Gasteiger charge is -2.18. The number of rotatable bonds is 3. The second-order valence-electron chi connectivity index (χ2n) is 4.51. The third-order valence-electron chi connectivity index (χ3n) is 2.75. The summed E-state index contributed by atoms with van der Waals surface area (Å²) in [5, 5.41) is 9.22. The summed E-state index contributed by atoms with van der Waals surface area (Å²) in [4.78, 5) is 29.0. The van der Waals surface area contributed by atoms with Crippen LogP contribution in [-0.2, 0) is 4.79 Å². The molecule has 0 saturated heterocycles. The smallest absolute Gasteiger partial charge is 0.349 e. The Hall–Kier alpha value is -2.38. The van der Waals surface area contributed by atoms with Crippen molar-refractivity contribution in [2.45, 2.75) is 19.9 Å². The minimum atomic E-state index is -0.407. The molecule has 102 valence electrons. The van der Waals surface area contributed by atoms with Gasteiger partial charge < -0.3 is 10.2 Å². The Balaban J connectivity index is 2.32. The number of aromatic nitrogens is 4. The van der Waals surface area contributed by atoms with E-state index in [4.69, 9.17) is 0 Å². The van der Waals surface area contributed by atoms with E-state index in [2.05, 4.69) is 20.5 Å². The monoisotopic (exact) mass is 264 g/mol. The van der Waals surface area contributed by atoms with Gasteiger partial charge in [0, 0.05) is 20.2 Å². The molecule has 1 unspecified atom stereocenters. The predicted octanol–water partition coefficient (Wildman–Crippen LogP) is -0.385. The highest BCUT2D eigenvalue weighted by Crippen LogP contribution is 2.09. The van der Waals surface area contributed by atoms with Gasteiger partial charge in [-0.25, -0.2) is 19.3 Å². The lowest BCUT2D eigenvalue weighted by atomic mass is 10.3. The fourth-order valence-corrected chi connectivity index (χ4v) is 1.84. The maximum atomic E-state index is 11.8. The number of carbonyl (C=O) groups excluding carboxylic acids is 1. The van der Waals surface area contributed by atoms with Gasteiger partial charge in [-0.3, -0.25) is 4.79 Å². The molecular formula is C11H16N6O2. The number of hydrogen-bond donors (Lipinski definition) is 2. The summed E-state index contributed by atoms with van der Waals surface area (Å²) in [7, 11) is 3.38. The van der Waals surface area contributed by atoms with E-state index >= 15 is 0 Å². The molecule has 2 rings (SSSR count). The van der Waals surface area contributed by atoms with Crippen LogP contribution in [0.25, 0.3) is 5.65 Å². The van der Waals surface area contributed by atoms with Crippen molar-refractivity contribution in [3.8, 4) is 0 Å². The van der Waals surface area contributed by atoms with Crippen LogP contribution in [0, 0.1) is 6.92 Å². The van der Waals surface area contributed by atoms with Crippen molar-refractivity contribution in [2.24, 2.45) is 0 Å². The van der Waals surface area contributed by atoms with Gasteiger partial charge in [-0.1, -0.05) is 0 Å². The highest BCUT2D eigenvalue weighted by atomic mass is 16.2. The first-order valence-electron chi connectivity index (χ1n) is 5.82. The summed E-state index contributed by atoms with van der Waals surface area (Å²) in [6, 6.07) is 1.21. The standard InChI is InChI=1S/C11H16N6O2/c1-6(10(18)16(3)4)12-8-5-9-14-15-11(19)17(9)7(2)13-8/h5-6,12H,1-4H3,(H,15,19). The first-order valence-corrected chi connectivity index (χ1v) is 5.82. The fraction of sp³-hybridized carbons (Fsp3) is 0.455. The Morgan fingerprint density at radius 2 is 2.21 bits per heavy atom. The maximum absolute atomic E-state index is 11.8. The molecule has 0 fully saturated rings. The lowest BCUT2D eigenvalue weighted by Crippen LogP contribution is -2.37. The zero-order valence-corrected chi connectivity index (χ0v) is 11.3. The number of aryl methyl sites for hydroxylation is 1. The van der Waals surface area contributed by atoms with Gasteiger partial charge in [0.05, 0.1) is 0 Å². The number of nitrogens with one attached hydrogen (secondary N) is 2. The third-order valence-corrected chi connectivity index (χ3v) is 2.75. The van der Waals surface area contributed by atoms with Crippen molar-refractivity contribution in [3.63, 3.8) is 0 Å². The Morgan fingerprint density at radius 1 is 1.53 bits per heavy atom. The normalized spacial score (nSPS) is 12.4. The van der Waals surface area contributed by atoms with Crippen molar-refractivity contribution in [3.05, 3.63) is 22.4 Å². The second-order valence-corrected chi connectivity index (χ2v) is 4.51. The summed E-state index contributed by atoms with van der Waals surface area (Å²) in [6.45, 7) is 3.45. The molecule has 0 aromatic carbocycles. The molecule has 0 bridgehead atoms. The average Bonchev–Trinajstić information content (AvgIpc) is 2.70. The Morgan fingerprint density at radius 3 is 2.84 bits per heavy atom. The lowest BCUT2D eigenvalue weighted by molar-refractivity contribution is -0.129. The van der Waals surface area contributed by atoms with Gasteiger partial charge in [-0.15, -0.1) is 0 Å². The number of aromatic amines is 1. The number of anilines is 1. The molecule has 0 saturated carbocycles. The van der Waals surface area contributed by atoms with Crippen molar-refractivity contribution in [2.75, 3.05) is 19.4 Å². The van der Waals surface area contributed by atoms with Gasteiger partial charge in [0.15, 0.2) is 5.65 Å². The molecule has 0 radical (unpaired) electrons. The molecule has 2 N–H and O–H groups in total. The first kappa shape index (κ1) is 13.1. The van der Waals surface area contributed by atoms with E-state index in [0.717, 1.165) is 0 Å². The van der Waals surface area contributed by atoms with Gasteiger partial charge in [-0.05, 0) is 13.8 Å². The minimum absolute atomic E-state index is 0.0567. The molecular weight excluding hydrogens is 248 g/mol. The Kier molecular flexibility index (Phi) is 3.24. The largest absolute Gasteiger partial charge is 0.358 e. The van der Waals surface area contributed by atoms with Crippen LogP contribution in [0.1, 0.15) is 12.7 Å². The molecule has 19 heavy (non-hydrogen) atoms. The van der Waals surface area contributed by atoms with E-state index in [-0.39, 0.29) is 11.6 Å². The van der Waals surface area contributed by atoms with E-state index < -0.39 is 6.04 Å². The van der Waals surface area contributed by atoms with Gasteiger partial charge in [-0.2, -0.15) is 5.10 Å². The number of likely N-dealkylation sites (N-methyl/N-ethyl adjacent to an activating group) is 1. The molecule has 2 heterocycles. The Labute approximate surface area is 109 Å². The van der Waals surface area contributed by atoms with Crippen molar-refractivity contribution in [1.82, 2.24) is 24.5 Å². The quantitative estimate of drug-likeness (QED) is 0.787. The highest BCUT2D eigenvalue weighted by molar-refractivity contribution is 5.83. The van der Waals surface area contributed by atoms with Crippen LogP contribution in [-0.4, -0.2) is 50.5 Å². The molecule has 0 aliphatic heterocycles. The van der Waals surface area contributed by atoms with E-state index in [0.29, 0.717) is 17.3 Å². The summed E-state index contributed by atoms with van der Waals surface area (Å²) < 4.78 is 1.36. The van der Waals surface area contributed by atoms with Crippen LogP contribution in [0.5, 0.6) is 0 Å². The fourth-order valence-electron chi connectivity index (χ4n) is 1.84. The molecule has 2 aromatic rings. The number of hydrogen-bond acceptors (Lipinski definition) is 5.